The molecule has 0 unspecified atom stereocenters. The van der Waals surface area contributed by atoms with Gasteiger partial charge in [-0.15, -0.1) is 0 Å². The van der Waals surface area contributed by atoms with Gasteiger partial charge < -0.3 is 0 Å². The predicted molar refractivity (Wildman–Crippen MR) is 116 cm³/mol. The van der Waals surface area contributed by atoms with Gasteiger partial charge in [0.2, 0.25) is 0 Å². The van der Waals surface area contributed by atoms with E-state index in [9.17, 15) is 19.2 Å². The van der Waals surface area contributed by atoms with Gasteiger partial charge in [-0.25, -0.2) is 0 Å². The number of carbonyl (C=O) groups is 4. The zero-order valence-electron chi connectivity index (χ0n) is 15.9. The van der Waals surface area contributed by atoms with Crippen molar-refractivity contribution in [2.24, 2.45) is 0 Å². The summed E-state index contributed by atoms with van der Waals surface area (Å²) in [6, 6.07) is 21.7. The SMILES string of the molecule is O=Cc1cc(C=O)cc(-c2cccc3c(-c4cc(C=O)cc(C=O)c4)cccc23)c1. The first-order chi connectivity index (χ1) is 14.7. The van der Waals surface area contributed by atoms with E-state index in [1.54, 1.807) is 36.4 Å². The predicted octanol–water partition coefficient (Wildman–Crippen LogP) is 5.42. The Bertz CT molecular complexity index is 1160. The molecule has 144 valence electrons. The number of aldehydes is 4. The van der Waals surface area contributed by atoms with Crippen LogP contribution >= 0.6 is 0 Å². The summed E-state index contributed by atoms with van der Waals surface area (Å²) in [7, 11) is 0. The van der Waals surface area contributed by atoms with Crippen LogP contribution in [0.25, 0.3) is 33.0 Å². The number of fused-ring (bicyclic) bond motifs is 1. The lowest BCUT2D eigenvalue weighted by molar-refractivity contribution is 0.111. The average molecular weight is 392 g/mol. The van der Waals surface area contributed by atoms with Crippen molar-refractivity contribution in [1.29, 1.82) is 0 Å². The normalized spacial score (nSPS) is 10.5. The molecule has 30 heavy (non-hydrogen) atoms. The number of benzene rings is 4. The molecule has 0 spiro atoms. The maximum atomic E-state index is 11.3. The molecule has 0 radical (unpaired) electrons. The van der Waals surface area contributed by atoms with Crippen molar-refractivity contribution in [2.45, 2.75) is 0 Å². The molecule has 0 aliphatic heterocycles. The molecule has 0 aromatic heterocycles. The second kappa shape index (κ2) is 8.05. The van der Waals surface area contributed by atoms with Crippen LogP contribution in [0.3, 0.4) is 0 Å². The summed E-state index contributed by atoms with van der Waals surface area (Å²) in [5.74, 6) is 0. The Hall–Kier alpha value is -4.18. The van der Waals surface area contributed by atoms with Crippen LogP contribution in [0.15, 0.2) is 72.8 Å². The lowest BCUT2D eigenvalue weighted by Gasteiger charge is -2.13. The van der Waals surface area contributed by atoms with E-state index < -0.39 is 0 Å². The van der Waals surface area contributed by atoms with Gasteiger partial charge in [0.25, 0.3) is 0 Å². The second-order valence-corrected chi connectivity index (χ2v) is 6.95. The quantitative estimate of drug-likeness (QED) is 0.411. The molecule has 4 aromatic rings. The third-order valence-corrected chi connectivity index (χ3v) is 5.04. The van der Waals surface area contributed by atoms with Gasteiger partial charge in [0.05, 0.1) is 0 Å². The minimum absolute atomic E-state index is 0.428. The Kier molecular flexibility index (Phi) is 5.14. The van der Waals surface area contributed by atoms with Gasteiger partial charge in [0.15, 0.2) is 0 Å². The van der Waals surface area contributed by atoms with Gasteiger partial charge in [0.1, 0.15) is 25.1 Å². The average Bonchev–Trinajstić information content (AvgIpc) is 2.82. The minimum Gasteiger partial charge on any atom is -0.298 e. The van der Waals surface area contributed by atoms with Gasteiger partial charge in [-0.05, 0) is 69.4 Å². The summed E-state index contributed by atoms with van der Waals surface area (Å²) in [5, 5.41) is 1.86. The van der Waals surface area contributed by atoms with Crippen molar-refractivity contribution in [3.8, 4) is 22.3 Å². The van der Waals surface area contributed by atoms with Gasteiger partial charge in [-0.3, -0.25) is 19.2 Å². The molecule has 0 atom stereocenters. The fourth-order valence-corrected chi connectivity index (χ4v) is 3.75. The van der Waals surface area contributed by atoms with Crippen LogP contribution in [0.1, 0.15) is 41.4 Å². The third-order valence-electron chi connectivity index (χ3n) is 5.04. The van der Waals surface area contributed by atoms with Crippen molar-refractivity contribution in [2.75, 3.05) is 0 Å². The first kappa shape index (κ1) is 19.2. The Balaban J connectivity index is 1.98. The Morgan fingerprint density at radius 1 is 0.433 bits per heavy atom. The summed E-state index contributed by atoms with van der Waals surface area (Å²) in [4.78, 5) is 45.2. The van der Waals surface area contributed by atoms with Crippen molar-refractivity contribution < 1.29 is 19.2 Å². The van der Waals surface area contributed by atoms with Crippen LogP contribution in [-0.4, -0.2) is 25.1 Å². The monoisotopic (exact) mass is 392 g/mol. The van der Waals surface area contributed by atoms with E-state index in [0.29, 0.717) is 22.3 Å². The Labute approximate surface area is 172 Å². The molecule has 0 aliphatic carbocycles. The highest BCUT2D eigenvalue weighted by molar-refractivity contribution is 6.05. The fraction of sp³-hybridized carbons (Fsp3) is 0. The molecule has 0 heterocycles. The van der Waals surface area contributed by atoms with Gasteiger partial charge >= 0.3 is 0 Å². The zero-order chi connectivity index (χ0) is 21.1. The van der Waals surface area contributed by atoms with Crippen LogP contribution in [0.5, 0.6) is 0 Å². The van der Waals surface area contributed by atoms with Gasteiger partial charge in [-0.2, -0.15) is 0 Å². The zero-order valence-corrected chi connectivity index (χ0v) is 15.9. The molecule has 0 N–H and O–H groups in total. The van der Waals surface area contributed by atoms with Crippen LogP contribution in [0.2, 0.25) is 0 Å². The summed E-state index contributed by atoms with van der Waals surface area (Å²) in [6.07, 6.45) is 2.88. The molecule has 0 saturated heterocycles. The first-order valence-corrected chi connectivity index (χ1v) is 9.30. The maximum Gasteiger partial charge on any atom is 0.150 e. The van der Waals surface area contributed by atoms with E-state index in [4.69, 9.17) is 0 Å². The van der Waals surface area contributed by atoms with E-state index in [-0.39, 0.29) is 0 Å². The number of carbonyl (C=O) groups excluding carboxylic acids is 4. The lowest BCUT2D eigenvalue weighted by Crippen LogP contribution is -1.92. The molecule has 4 heteroatoms. The second-order valence-electron chi connectivity index (χ2n) is 6.95. The molecule has 0 amide bonds. The van der Waals surface area contributed by atoms with Gasteiger partial charge in [0, 0.05) is 22.3 Å². The molecule has 4 rings (SSSR count). The molecular weight excluding hydrogens is 376 g/mol. The minimum atomic E-state index is 0.428. The third kappa shape index (κ3) is 3.47. The number of rotatable bonds is 6. The van der Waals surface area contributed by atoms with Gasteiger partial charge in [-0.1, -0.05) is 36.4 Å². The van der Waals surface area contributed by atoms with E-state index in [1.165, 1.54) is 0 Å². The Morgan fingerprint density at radius 2 is 0.767 bits per heavy atom. The highest BCUT2D eigenvalue weighted by atomic mass is 16.1. The topological polar surface area (TPSA) is 68.3 Å². The van der Waals surface area contributed by atoms with Crippen molar-refractivity contribution in [3.63, 3.8) is 0 Å². The molecular formula is C26H16O4. The first-order valence-electron chi connectivity index (χ1n) is 9.30. The lowest BCUT2D eigenvalue weighted by atomic mass is 9.91. The van der Waals surface area contributed by atoms with Crippen LogP contribution in [0, 0.1) is 0 Å². The van der Waals surface area contributed by atoms with E-state index in [1.807, 2.05) is 36.4 Å². The number of hydrogen-bond donors (Lipinski definition) is 0. The summed E-state index contributed by atoms with van der Waals surface area (Å²) >= 11 is 0. The molecule has 0 fully saturated rings. The fourth-order valence-electron chi connectivity index (χ4n) is 3.75. The number of hydrogen-bond acceptors (Lipinski definition) is 4. The van der Waals surface area contributed by atoms with E-state index in [2.05, 4.69) is 0 Å². The summed E-state index contributed by atoms with van der Waals surface area (Å²) in [5.41, 5.74) is 4.99. The van der Waals surface area contributed by atoms with Crippen LogP contribution < -0.4 is 0 Å². The highest BCUT2D eigenvalue weighted by Gasteiger charge is 2.11. The van der Waals surface area contributed by atoms with Crippen LogP contribution in [0.4, 0.5) is 0 Å². The maximum absolute atomic E-state index is 11.3. The smallest absolute Gasteiger partial charge is 0.150 e. The Morgan fingerprint density at radius 3 is 1.07 bits per heavy atom. The molecule has 0 bridgehead atoms. The van der Waals surface area contributed by atoms with E-state index in [0.717, 1.165) is 58.2 Å². The van der Waals surface area contributed by atoms with Crippen molar-refractivity contribution >= 4 is 35.9 Å². The standard InChI is InChI=1S/C26H16O4/c27-13-17-7-18(14-28)10-21(9-17)23-3-1-5-25-24(4-2-6-26(23)25)22-11-19(15-29)8-20(12-22)16-30/h1-16H. The molecule has 0 aliphatic rings. The molecule has 4 nitrogen and oxygen atoms in total. The van der Waals surface area contributed by atoms with Crippen molar-refractivity contribution in [1.82, 2.24) is 0 Å². The van der Waals surface area contributed by atoms with Crippen LogP contribution in [-0.2, 0) is 0 Å². The van der Waals surface area contributed by atoms with Crippen molar-refractivity contribution in [3.05, 3.63) is 95.1 Å². The summed E-state index contributed by atoms with van der Waals surface area (Å²) < 4.78 is 0. The molecule has 4 aromatic carbocycles. The summed E-state index contributed by atoms with van der Waals surface area (Å²) in [6.45, 7) is 0. The molecule has 0 saturated carbocycles. The highest BCUT2D eigenvalue weighted by Crippen LogP contribution is 2.35. The van der Waals surface area contributed by atoms with E-state index >= 15 is 0 Å². The largest absolute Gasteiger partial charge is 0.298 e.